The fourth-order valence-corrected chi connectivity index (χ4v) is 1.44. The molecular formula is C12H19NO4. The topological polar surface area (TPSA) is 64.6 Å². The van der Waals surface area contributed by atoms with E-state index in [0.29, 0.717) is 18.6 Å². The molecule has 5 heteroatoms. The summed E-state index contributed by atoms with van der Waals surface area (Å²) in [5.41, 5.74) is 0.0806. The van der Waals surface area contributed by atoms with E-state index >= 15 is 0 Å². The average molecular weight is 241 g/mol. The summed E-state index contributed by atoms with van der Waals surface area (Å²) in [7, 11) is 0. The number of alkyl carbamates (subject to hydrolysis) is 1. The molecule has 1 saturated heterocycles. The van der Waals surface area contributed by atoms with Crippen molar-refractivity contribution in [3.8, 4) is 0 Å². The Labute approximate surface area is 101 Å². The van der Waals surface area contributed by atoms with E-state index in [-0.39, 0.29) is 12.0 Å². The fraction of sp³-hybridized carbons (Fsp3) is 0.667. The molecule has 5 nitrogen and oxygen atoms in total. The molecule has 1 heterocycles. The molecule has 1 amide bonds. The van der Waals surface area contributed by atoms with Crippen LogP contribution in [0.2, 0.25) is 0 Å². The van der Waals surface area contributed by atoms with Gasteiger partial charge in [0.1, 0.15) is 5.60 Å². The van der Waals surface area contributed by atoms with Crippen LogP contribution in [0.3, 0.4) is 0 Å². The van der Waals surface area contributed by atoms with Crippen molar-refractivity contribution in [1.29, 1.82) is 0 Å². The number of carbonyl (C=O) groups excluding carboxylic acids is 2. The largest absolute Gasteiger partial charge is 0.462 e. The van der Waals surface area contributed by atoms with Crippen molar-refractivity contribution < 1.29 is 19.1 Å². The quantitative estimate of drug-likeness (QED) is 0.591. The summed E-state index contributed by atoms with van der Waals surface area (Å²) in [4.78, 5) is 22.6. The number of hydrogen-bond donors (Lipinski definition) is 1. The lowest BCUT2D eigenvalue weighted by Crippen LogP contribution is -2.37. The normalized spacial score (nSPS) is 20.0. The summed E-state index contributed by atoms with van der Waals surface area (Å²) < 4.78 is 9.90. The molecule has 0 aromatic heterocycles. The van der Waals surface area contributed by atoms with Gasteiger partial charge in [0.05, 0.1) is 6.61 Å². The van der Waals surface area contributed by atoms with Gasteiger partial charge in [-0.25, -0.2) is 9.59 Å². The molecular weight excluding hydrogens is 222 g/mol. The van der Waals surface area contributed by atoms with Crippen LogP contribution in [0.5, 0.6) is 0 Å². The standard InChI is InChI=1S/C12H19NO4/c1-8(7-9-5-6-16-10(9)14)13-11(15)17-12(2,3)4/h7-8H,5-6H2,1-4H3,(H,13,15)/b9-7-. The third-order valence-corrected chi connectivity index (χ3v) is 2.06. The zero-order chi connectivity index (χ0) is 13.1. The Kier molecular flexibility index (Phi) is 4.15. The molecule has 1 atom stereocenters. The average Bonchev–Trinajstić information content (AvgIpc) is 2.47. The number of nitrogens with one attached hydrogen (secondary N) is 1. The highest BCUT2D eigenvalue weighted by Gasteiger charge is 2.21. The summed E-state index contributed by atoms with van der Waals surface area (Å²) in [6.45, 7) is 7.59. The molecule has 1 aliphatic rings. The Balaban J connectivity index is 2.47. The van der Waals surface area contributed by atoms with Crippen LogP contribution in [-0.2, 0) is 14.3 Å². The second kappa shape index (κ2) is 5.21. The Bertz CT molecular complexity index is 341. The van der Waals surface area contributed by atoms with E-state index < -0.39 is 11.7 Å². The summed E-state index contributed by atoms with van der Waals surface area (Å²) in [5.74, 6) is -0.303. The molecule has 0 bridgehead atoms. The highest BCUT2D eigenvalue weighted by atomic mass is 16.6. The summed E-state index contributed by atoms with van der Waals surface area (Å²) in [6.07, 6.45) is 1.80. The van der Waals surface area contributed by atoms with Crippen molar-refractivity contribution in [2.45, 2.75) is 45.8 Å². The zero-order valence-corrected chi connectivity index (χ0v) is 10.7. The predicted molar refractivity (Wildman–Crippen MR) is 62.5 cm³/mol. The number of amides is 1. The number of ether oxygens (including phenoxy) is 2. The molecule has 0 spiro atoms. The Morgan fingerprint density at radius 1 is 1.53 bits per heavy atom. The van der Waals surface area contributed by atoms with Gasteiger partial charge in [0, 0.05) is 18.0 Å². The molecule has 1 N–H and O–H groups in total. The zero-order valence-electron chi connectivity index (χ0n) is 10.7. The Hall–Kier alpha value is -1.52. The first-order chi connectivity index (χ1) is 7.78. The highest BCUT2D eigenvalue weighted by Crippen LogP contribution is 2.13. The molecule has 0 aromatic carbocycles. The second-order valence-corrected chi connectivity index (χ2v) is 5.01. The van der Waals surface area contributed by atoms with Crippen LogP contribution in [-0.4, -0.2) is 30.3 Å². The van der Waals surface area contributed by atoms with Gasteiger partial charge in [0.15, 0.2) is 0 Å². The molecule has 0 saturated carbocycles. The van der Waals surface area contributed by atoms with E-state index in [1.807, 2.05) is 0 Å². The second-order valence-electron chi connectivity index (χ2n) is 5.01. The van der Waals surface area contributed by atoms with Crippen LogP contribution in [0, 0.1) is 0 Å². The van der Waals surface area contributed by atoms with Crippen molar-refractivity contribution in [1.82, 2.24) is 5.32 Å². The molecule has 1 aliphatic heterocycles. The Morgan fingerprint density at radius 3 is 2.65 bits per heavy atom. The molecule has 1 rings (SSSR count). The fourth-order valence-electron chi connectivity index (χ4n) is 1.44. The first kappa shape index (κ1) is 13.5. The van der Waals surface area contributed by atoms with Crippen LogP contribution < -0.4 is 5.32 Å². The number of hydrogen-bond acceptors (Lipinski definition) is 4. The molecule has 0 aromatic rings. The van der Waals surface area contributed by atoms with Gasteiger partial charge in [0.2, 0.25) is 0 Å². The van der Waals surface area contributed by atoms with Crippen LogP contribution in [0.4, 0.5) is 4.79 Å². The van der Waals surface area contributed by atoms with Crippen molar-refractivity contribution in [3.05, 3.63) is 11.6 Å². The Morgan fingerprint density at radius 2 is 2.18 bits per heavy atom. The SMILES string of the molecule is CC(/C=C1/CCOC1=O)NC(=O)OC(C)(C)C. The maximum atomic E-state index is 11.4. The van der Waals surface area contributed by atoms with E-state index in [9.17, 15) is 9.59 Å². The lowest BCUT2D eigenvalue weighted by molar-refractivity contribution is -0.135. The van der Waals surface area contributed by atoms with Crippen molar-refractivity contribution in [2.75, 3.05) is 6.61 Å². The van der Waals surface area contributed by atoms with E-state index in [1.165, 1.54) is 0 Å². The number of cyclic esters (lactones) is 1. The number of carbonyl (C=O) groups is 2. The molecule has 96 valence electrons. The first-order valence-corrected chi connectivity index (χ1v) is 5.65. The van der Waals surface area contributed by atoms with E-state index in [1.54, 1.807) is 33.8 Å². The number of esters is 1. The third-order valence-electron chi connectivity index (χ3n) is 2.06. The molecule has 0 radical (unpaired) electrons. The third kappa shape index (κ3) is 4.89. The molecule has 1 unspecified atom stereocenters. The van der Waals surface area contributed by atoms with Gasteiger partial charge in [0.25, 0.3) is 0 Å². The van der Waals surface area contributed by atoms with E-state index in [4.69, 9.17) is 9.47 Å². The summed E-state index contributed by atoms with van der Waals surface area (Å²) in [6, 6.07) is -0.259. The van der Waals surface area contributed by atoms with Gasteiger partial charge in [-0.1, -0.05) is 6.08 Å². The minimum absolute atomic E-state index is 0.259. The van der Waals surface area contributed by atoms with Crippen LogP contribution in [0.25, 0.3) is 0 Å². The van der Waals surface area contributed by atoms with Gasteiger partial charge in [-0.2, -0.15) is 0 Å². The maximum Gasteiger partial charge on any atom is 0.408 e. The molecule has 1 fully saturated rings. The summed E-state index contributed by atoms with van der Waals surface area (Å²) >= 11 is 0. The van der Waals surface area contributed by atoms with Gasteiger partial charge in [-0.3, -0.25) is 0 Å². The summed E-state index contributed by atoms with van der Waals surface area (Å²) in [5, 5.41) is 2.64. The van der Waals surface area contributed by atoms with Gasteiger partial charge < -0.3 is 14.8 Å². The van der Waals surface area contributed by atoms with Gasteiger partial charge in [-0.05, 0) is 27.7 Å². The van der Waals surface area contributed by atoms with Gasteiger partial charge >= 0.3 is 12.1 Å². The molecule has 17 heavy (non-hydrogen) atoms. The smallest absolute Gasteiger partial charge is 0.408 e. The van der Waals surface area contributed by atoms with Crippen molar-refractivity contribution >= 4 is 12.1 Å². The first-order valence-electron chi connectivity index (χ1n) is 5.65. The number of rotatable bonds is 2. The van der Waals surface area contributed by atoms with Crippen LogP contribution in [0.1, 0.15) is 34.1 Å². The van der Waals surface area contributed by atoms with E-state index in [2.05, 4.69) is 5.32 Å². The van der Waals surface area contributed by atoms with Crippen molar-refractivity contribution in [2.24, 2.45) is 0 Å². The predicted octanol–water partition coefficient (Wildman–Crippen LogP) is 1.77. The van der Waals surface area contributed by atoms with E-state index in [0.717, 1.165) is 0 Å². The monoisotopic (exact) mass is 241 g/mol. The van der Waals surface area contributed by atoms with Crippen molar-refractivity contribution in [3.63, 3.8) is 0 Å². The van der Waals surface area contributed by atoms with Crippen LogP contribution in [0.15, 0.2) is 11.6 Å². The minimum Gasteiger partial charge on any atom is -0.462 e. The lowest BCUT2D eigenvalue weighted by Gasteiger charge is -2.21. The lowest BCUT2D eigenvalue weighted by atomic mass is 10.1. The van der Waals surface area contributed by atoms with Gasteiger partial charge in [-0.15, -0.1) is 0 Å². The highest BCUT2D eigenvalue weighted by molar-refractivity contribution is 5.90. The maximum absolute atomic E-state index is 11.4. The van der Waals surface area contributed by atoms with Crippen LogP contribution >= 0.6 is 0 Å². The molecule has 0 aliphatic carbocycles. The minimum atomic E-state index is -0.525.